The van der Waals surface area contributed by atoms with Crippen molar-refractivity contribution in [3.05, 3.63) is 107 Å². The van der Waals surface area contributed by atoms with Gasteiger partial charge in [-0.1, -0.05) is 78.9 Å². The number of thiazole rings is 2. The molecule has 0 unspecified atom stereocenters. The van der Waals surface area contributed by atoms with Crippen LogP contribution in [0, 0.1) is 0 Å². The Kier molecular flexibility index (Phi) is 8.39. The van der Waals surface area contributed by atoms with E-state index >= 15 is 0 Å². The Bertz CT molecular complexity index is 1240. The maximum Gasteiger partial charge on any atom is 0.183 e. The smallest absolute Gasteiger partial charge is 0.183 e. The Labute approximate surface area is 221 Å². The van der Waals surface area contributed by atoms with Crippen molar-refractivity contribution in [3.8, 4) is 22.5 Å². The van der Waals surface area contributed by atoms with Gasteiger partial charge in [0.05, 0.1) is 11.4 Å². The molecule has 182 valence electrons. The normalized spacial score (nSPS) is 10.9. The first-order valence-corrected chi connectivity index (χ1v) is 14.2. The molecule has 2 aromatic heterocycles. The van der Waals surface area contributed by atoms with Gasteiger partial charge in [0.25, 0.3) is 0 Å². The lowest BCUT2D eigenvalue weighted by molar-refractivity contribution is 0.862. The fraction of sp³-hybridized carbons (Fsp3) is 0.200. The van der Waals surface area contributed by atoms with E-state index in [0.29, 0.717) is 0 Å². The Hall–Kier alpha value is -3.48. The van der Waals surface area contributed by atoms with E-state index in [1.807, 2.05) is 0 Å². The number of benzene rings is 3. The van der Waals surface area contributed by atoms with Gasteiger partial charge < -0.3 is 10.6 Å². The molecule has 0 saturated carbocycles. The van der Waals surface area contributed by atoms with Gasteiger partial charge in [-0.2, -0.15) is 0 Å². The van der Waals surface area contributed by atoms with Crippen molar-refractivity contribution in [3.63, 3.8) is 0 Å². The predicted octanol–water partition coefficient (Wildman–Crippen LogP) is 8.02. The van der Waals surface area contributed by atoms with Crippen LogP contribution in [0.5, 0.6) is 0 Å². The molecule has 0 amide bonds. The molecule has 0 aliphatic carbocycles. The topological polar surface area (TPSA) is 49.8 Å². The molecule has 2 N–H and O–H groups in total. The van der Waals surface area contributed by atoms with Crippen LogP contribution >= 0.6 is 22.7 Å². The maximum atomic E-state index is 4.82. The van der Waals surface area contributed by atoms with Gasteiger partial charge >= 0.3 is 0 Å². The summed E-state index contributed by atoms with van der Waals surface area (Å²) in [5, 5.41) is 13.1. The van der Waals surface area contributed by atoms with Gasteiger partial charge in [-0.3, -0.25) is 0 Å². The number of nitrogens with one attached hydrogen (secondary N) is 2. The molecule has 0 fully saturated rings. The number of aromatic nitrogens is 2. The molecule has 2 heterocycles. The van der Waals surface area contributed by atoms with Crippen LogP contribution in [0.1, 0.15) is 24.0 Å². The summed E-state index contributed by atoms with van der Waals surface area (Å²) >= 11 is 3.32. The van der Waals surface area contributed by atoms with Crippen LogP contribution in [0.25, 0.3) is 22.5 Å². The van der Waals surface area contributed by atoms with Gasteiger partial charge in [0, 0.05) is 35.0 Å². The number of aryl methyl sites for hydroxylation is 2. The van der Waals surface area contributed by atoms with Crippen molar-refractivity contribution in [2.24, 2.45) is 0 Å². The van der Waals surface area contributed by atoms with Gasteiger partial charge in [-0.05, 0) is 42.9 Å². The van der Waals surface area contributed by atoms with Crippen LogP contribution in [0.15, 0.2) is 95.7 Å². The lowest BCUT2D eigenvalue weighted by Gasteiger charge is -2.04. The van der Waals surface area contributed by atoms with E-state index in [2.05, 4.69) is 106 Å². The first-order chi connectivity index (χ1) is 17.8. The zero-order chi connectivity index (χ0) is 24.4. The zero-order valence-corrected chi connectivity index (χ0v) is 21.8. The average Bonchev–Trinajstić information content (AvgIpc) is 3.61. The van der Waals surface area contributed by atoms with Gasteiger partial charge in [-0.15, -0.1) is 22.7 Å². The molecule has 3 aromatic carbocycles. The lowest BCUT2D eigenvalue weighted by Crippen LogP contribution is -2.02. The van der Waals surface area contributed by atoms with E-state index in [-0.39, 0.29) is 0 Å². The van der Waals surface area contributed by atoms with E-state index in [1.54, 1.807) is 22.7 Å². The second kappa shape index (κ2) is 12.5. The number of rotatable bonds is 12. The number of hydrogen-bond acceptors (Lipinski definition) is 6. The molecular formula is C30H30N4S2. The molecule has 5 aromatic rings. The fourth-order valence-electron chi connectivity index (χ4n) is 4.08. The standard InChI is InChI=1S/C30H30N4S2/c1-3-10-23(11-4-1)14-8-18-31-29-33-27(21-35-29)25-16-7-17-26(20-25)28-22-36-30(34-28)32-19-9-15-24-12-5-2-6-13-24/h1-7,10-13,16-17,20-22H,8-9,14-15,18-19H2,(H,31,33)(H,32,34). The second-order valence-electron chi connectivity index (χ2n) is 8.69. The number of hydrogen-bond donors (Lipinski definition) is 2. The highest BCUT2D eigenvalue weighted by molar-refractivity contribution is 7.14. The molecule has 0 spiro atoms. The molecule has 0 radical (unpaired) electrons. The molecule has 0 bridgehead atoms. The van der Waals surface area contributed by atoms with Crippen molar-refractivity contribution in [2.75, 3.05) is 23.7 Å². The highest BCUT2D eigenvalue weighted by Gasteiger charge is 2.09. The van der Waals surface area contributed by atoms with Gasteiger partial charge in [0.15, 0.2) is 10.3 Å². The van der Waals surface area contributed by atoms with Crippen LogP contribution in [-0.2, 0) is 12.8 Å². The summed E-state index contributed by atoms with van der Waals surface area (Å²) in [7, 11) is 0. The molecule has 36 heavy (non-hydrogen) atoms. The third-order valence-corrected chi connectivity index (χ3v) is 7.59. The lowest BCUT2D eigenvalue weighted by atomic mass is 10.1. The van der Waals surface area contributed by atoms with E-state index in [1.165, 1.54) is 11.1 Å². The average molecular weight is 511 g/mol. The minimum Gasteiger partial charge on any atom is -0.361 e. The van der Waals surface area contributed by atoms with Gasteiger partial charge in [0.1, 0.15) is 0 Å². The van der Waals surface area contributed by atoms with Crippen LogP contribution in [0.2, 0.25) is 0 Å². The van der Waals surface area contributed by atoms with Crippen molar-refractivity contribution in [1.82, 2.24) is 9.97 Å². The van der Waals surface area contributed by atoms with Crippen molar-refractivity contribution in [2.45, 2.75) is 25.7 Å². The summed E-state index contributed by atoms with van der Waals surface area (Å²) < 4.78 is 0. The molecule has 6 heteroatoms. The summed E-state index contributed by atoms with van der Waals surface area (Å²) in [6.45, 7) is 1.84. The van der Waals surface area contributed by atoms with Gasteiger partial charge in [0.2, 0.25) is 0 Å². The van der Waals surface area contributed by atoms with E-state index in [0.717, 1.165) is 71.6 Å². The van der Waals surface area contributed by atoms with E-state index < -0.39 is 0 Å². The van der Waals surface area contributed by atoms with Crippen LogP contribution < -0.4 is 10.6 Å². The Morgan fingerprint density at radius 1 is 0.556 bits per heavy atom. The summed E-state index contributed by atoms with van der Waals surface area (Å²) in [5.41, 5.74) is 6.99. The quantitative estimate of drug-likeness (QED) is 0.167. The molecular weight excluding hydrogens is 480 g/mol. The van der Waals surface area contributed by atoms with E-state index in [9.17, 15) is 0 Å². The minimum atomic E-state index is 0.918. The first kappa shape index (κ1) is 24.2. The van der Waals surface area contributed by atoms with Gasteiger partial charge in [-0.25, -0.2) is 9.97 Å². The summed E-state index contributed by atoms with van der Waals surface area (Å²) in [6.07, 6.45) is 4.32. The monoisotopic (exact) mass is 510 g/mol. The zero-order valence-electron chi connectivity index (χ0n) is 20.2. The minimum absolute atomic E-state index is 0.918. The van der Waals surface area contributed by atoms with E-state index in [4.69, 9.17) is 9.97 Å². The number of nitrogens with zero attached hydrogens (tertiary/aromatic N) is 2. The first-order valence-electron chi connectivity index (χ1n) is 12.4. The number of anilines is 2. The Morgan fingerprint density at radius 2 is 1.03 bits per heavy atom. The second-order valence-corrected chi connectivity index (χ2v) is 10.4. The molecule has 0 aliphatic heterocycles. The molecule has 0 saturated heterocycles. The highest BCUT2D eigenvalue weighted by Crippen LogP contribution is 2.30. The van der Waals surface area contributed by atoms with Crippen molar-refractivity contribution >= 4 is 32.9 Å². The Morgan fingerprint density at radius 3 is 1.50 bits per heavy atom. The summed E-state index contributed by atoms with van der Waals surface area (Å²) in [5.74, 6) is 0. The fourth-order valence-corrected chi connectivity index (χ4v) is 5.57. The van der Waals surface area contributed by atoms with Crippen LogP contribution in [0.4, 0.5) is 10.3 Å². The molecule has 0 aliphatic rings. The largest absolute Gasteiger partial charge is 0.361 e. The van der Waals surface area contributed by atoms with Crippen LogP contribution in [-0.4, -0.2) is 23.1 Å². The van der Waals surface area contributed by atoms with Crippen LogP contribution in [0.3, 0.4) is 0 Å². The molecule has 4 nitrogen and oxygen atoms in total. The third kappa shape index (κ3) is 6.80. The maximum absolute atomic E-state index is 4.82. The van der Waals surface area contributed by atoms with Crippen molar-refractivity contribution in [1.29, 1.82) is 0 Å². The summed E-state index contributed by atoms with van der Waals surface area (Å²) in [4.78, 5) is 9.63. The van der Waals surface area contributed by atoms with Crippen molar-refractivity contribution < 1.29 is 0 Å². The molecule has 0 atom stereocenters. The molecule has 5 rings (SSSR count). The predicted molar refractivity (Wildman–Crippen MR) is 155 cm³/mol. The Balaban J connectivity index is 1.13. The highest BCUT2D eigenvalue weighted by atomic mass is 32.1. The summed E-state index contributed by atoms with van der Waals surface area (Å²) in [6, 6.07) is 29.7. The third-order valence-electron chi connectivity index (χ3n) is 5.99. The SMILES string of the molecule is c1ccc(CCCNc2nc(-c3cccc(-c4csc(NCCCc5ccccc5)n4)c3)cs2)cc1.